The molecule has 1 saturated heterocycles. The van der Waals surface area contributed by atoms with E-state index in [2.05, 4.69) is 16.8 Å². The van der Waals surface area contributed by atoms with E-state index in [0.717, 1.165) is 39.0 Å². The molecule has 0 bridgehead atoms. The second-order valence-corrected chi connectivity index (χ2v) is 5.37. The van der Waals surface area contributed by atoms with Gasteiger partial charge in [0.2, 0.25) is 0 Å². The lowest BCUT2D eigenvalue weighted by atomic mass is 9.98. The van der Waals surface area contributed by atoms with Gasteiger partial charge in [-0.1, -0.05) is 17.7 Å². The zero-order valence-corrected chi connectivity index (χ0v) is 12.2. The summed E-state index contributed by atoms with van der Waals surface area (Å²) in [5.41, 5.74) is 0.496. The van der Waals surface area contributed by atoms with Crippen molar-refractivity contribution < 1.29 is 9.50 Å². The van der Waals surface area contributed by atoms with Crippen LogP contribution in [0.15, 0.2) is 24.8 Å². The van der Waals surface area contributed by atoms with Crippen LogP contribution in [0.1, 0.15) is 24.4 Å². The van der Waals surface area contributed by atoms with Crippen LogP contribution in [-0.2, 0) is 0 Å². The van der Waals surface area contributed by atoms with E-state index in [1.54, 1.807) is 0 Å². The van der Waals surface area contributed by atoms with Crippen LogP contribution in [0, 0.1) is 5.82 Å². The third kappa shape index (κ3) is 3.32. The molecule has 2 rings (SSSR count). The van der Waals surface area contributed by atoms with E-state index in [-0.39, 0.29) is 11.8 Å². The number of hydrogen-bond acceptors (Lipinski definition) is 3. The van der Waals surface area contributed by atoms with E-state index < -0.39 is 5.82 Å². The summed E-state index contributed by atoms with van der Waals surface area (Å²) in [7, 11) is 0. The molecule has 0 aromatic heterocycles. The van der Waals surface area contributed by atoms with Gasteiger partial charge in [0, 0.05) is 42.8 Å². The molecule has 3 nitrogen and oxygen atoms in total. The topological polar surface area (TPSA) is 35.5 Å². The summed E-state index contributed by atoms with van der Waals surface area (Å²) in [6.07, 6.45) is 3.39. The molecule has 0 amide bonds. The molecule has 0 radical (unpaired) electrons. The summed E-state index contributed by atoms with van der Waals surface area (Å²) in [4.78, 5) is 2.24. The van der Waals surface area contributed by atoms with Crippen molar-refractivity contribution in [3.63, 3.8) is 0 Å². The van der Waals surface area contributed by atoms with Gasteiger partial charge in [-0.2, -0.15) is 0 Å². The molecule has 1 heterocycles. The molecule has 1 atom stereocenters. The van der Waals surface area contributed by atoms with Gasteiger partial charge < -0.3 is 10.4 Å². The minimum Gasteiger partial charge on any atom is -0.505 e. The molecule has 0 saturated carbocycles. The molecule has 0 aliphatic carbocycles. The van der Waals surface area contributed by atoms with Crippen molar-refractivity contribution in [2.45, 2.75) is 18.9 Å². The first-order chi connectivity index (χ1) is 9.65. The van der Waals surface area contributed by atoms with Crippen LogP contribution < -0.4 is 5.32 Å². The van der Waals surface area contributed by atoms with Crippen molar-refractivity contribution >= 4 is 11.6 Å². The number of piperazine rings is 1. The van der Waals surface area contributed by atoms with Crippen LogP contribution in [0.4, 0.5) is 4.39 Å². The number of rotatable bonds is 5. The lowest BCUT2D eigenvalue weighted by Crippen LogP contribution is -2.45. The average Bonchev–Trinajstić information content (AvgIpc) is 2.47. The van der Waals surface area contributed by atoms with E-state index in [1.165, 1.54) is 12.1 Å². The largest absolute Gasteiger partial charge is 0.505 e. The quantitative estimate of drug-likeness (QED) is 0.820. The van der Waals surface area contributed by atoms with Crippen molar-refractivity contribution in [3.8, 4) is 5.75 Å². The number of hydrogen-bond donors (Lipinski definition) is 2. The predicted molar refractivity (Wildman–Crippen MR) is 79.7 cm³/mol. The van der Waals surface area contributed by atoms with E-state index in [0.29, 0.717) is 10.6 Å². The van der Waals surface area contributed by atoms with Gasteiger partial charge in [-0.3, -0.25) is 4.90 Å². The first-order valence-electron chi connectivity index (χ1n) is 6.87. The van der Waals surface area contributed by atoms with Crippen LogP contribution in [0.3, 0.4) is 0 Å². The molecule has 20 heavy (non-hydrogen) atoms. The maximum atomic E-state index is 13.6. The Morgan fingerprint density at radius 1 is 1.45 bits per heavy atom. The fraction of sp³-hybridized carbons (Fsp3) is 0.467. The highest BCUT2D eigenvalue weighted by Crippen LogP contribution is 2.39. The first-order valence-corrected chi connectivity index (χ1v) is 7.25. The Balaban J connectivity index is 2.34. The normalized spacial score (nSPS) is 17.9. The molecule has 5 heteroatoms. The summed E-state index contributed by atoms with van der Waals surface area (Å²) in [6.45, 7) is 7.22. The first kappa shape index (κ1) is 15.3. The van der Waals surface area contributed by atoms with Gasteiger partial charge in [0.1, 0.15) is 0 Å². The van der Waals surface area contributed by atoms with E-state index >= 15 is 0 Å². The van der Waals surface area contributed by atoms with Gasteiger partial charge in [-0.15, -0.1) is 6.58 Å². The number of nitrogens with zero attached hydrogens (tertiary/aromatic N) is 1. The molecular formula is C15H20ClFN2O. The van der Waals surface area contributed by atoms with Gasteiger partial charge in [-0.25, -0.2) is 4.39 Å². The highest BCUT2D eigenvalue weighted by atomic mass is 35.5. The van der Waals surface area contributed by atoms with Gasteiger partial charge in [0.25, 0.3) is 0 Å². The van der Waals surface area contributed by atoms with E-state index in [4.69, 9.17) is 11.6 Å². The number of phenols is 1. The number of benzene rings is 1. The molecule has 1 aromatic carbocycles. The maximum Gasteiger partial charge on any atom is 0.165 e. The Labute approximate surface area is 124 Å². The molecule has 1 aromatic rings. The second kappa shape index (κ2) is 7.07. The Morgan fingerprint density at radius 3 is 2.80 bits per heavy atom. The summed E-state index contributed by atoms with van der Waals surface area (Å²) in [5.74, 6) is -0.951. The smallest absolute Gasteiger partial charge is 0.165 e. The summed E-state index contributed by atoms with van der Waals surface area (Å²) < 4.78 is 13.6. The molecule has 1 aliphatic rings. The van der Waals surface area contributed by atoms with E-state index in [9.17, 15) is 9.50 Å². The van der Waals surface area contributed by atoms with Crippen LogP contribution >= 0.6 is 11.6 Å². The van der Waals surface area contributed by atoms with Crippen molar-refractivity contribution in [3.05, 3.63) is 41.2 Å². The minimum atomic E-state index is -0.622. The van der Waals surface area contributed by atoms with E-state index in [1.807, 2.05) is 6.08 Å². The van der Waals surface area contributed by atoms with Crippen molar-refractivity contribution in [1.82, 2.24) is 10.2 Å². The van der Waals surface area contributed by atoms with Crippen LogP contribution in [0.2, 0.25) is 5.02 Å². The van der Waals surface area contributed by atoms with Crippen molar-refractivity contribution in [2.75, 3.05) is 26.2 Å². The van der Waals surface area contributed by atoms with Crippen molar-refractivity contribution in [1.29, 1.82) is 0 Å². The Kier molecular flexibility index (Phi) is 5.40. The standard InChI is InChI=1S/C15H20ClFN2O/c1-2-3-4-13(19-9-7-18-8-10-19)14-11(16)5-6-12(17)15(14)20/h2,5-6,13,18,20H,1,3-4,7-10H2/t13-/m1/s1. The Morgan fingerprint density at radius 2 is 2.15 bits per heavy atom. The molecule has 1 aliphatic heterocycles. The average molecular weight is 299 g/mol. The fourth-order valence-electron chi connectivity index (χ4n) is 2.65. The molecular weight excluding hydrogens is 279 g/mol. The molecule has 0 spiro atoms. The van der Waals surface area contributed by atoms with Gasteiger partial charge in [-0.05, 0) is 25.0 Å². The van der Waals surface area contributed by atoms with Gasteiger partial charge >= 0.3 is 0 Å². The predicted octanol–water partition coefficient (Wildman–Crippen LogP) is 3.10. The number of allylic oxidation sites excluding steroid dienone is 1. The summed E-state index contributed by atoms with van der Waals surface area (Å²) in [5, 5.41) is 13.8. The molecule has 0 unspecified atom stereocenters. The molecule has 1 fully saturated rings. The zero-order valence-electron chi connectivity index (χ0n) is 11.4. The SMILES string of the molecule is C=CCC[C@H](c1c(Cl)ccc(F)c1O)N1CCNCC1. The third-order valence-electron chi connectivity index (χ3n) is 3.68. The number of halogens is 2. The number of nitrogens with one attached hydrogen (secondary N) is 1. The zero-order chi connectivity index (χ0) is 14.5. The Hall–Kier alpha value is -1.10. The van der Waals surface area contributed by atoms with Crippen molar-refractivity contribution in [2.24, 2.45) is 0 Å². The van der Waals surface area contributed by atoms with Crippen LogP contribution in [-0.4, -0.2) is 36.2 Å². The fourth-order valence-corrected chi connectivity index (χ4v) is 2.93. The minimum absolute atomic E-state index is 0.0849. The second-order valence-electron chi connectivity index (χ2n) is 4.96. The maximum absolute atomic E-state index is 13.6. The number of aromatic hydroxyl groups is 1. The third-order valence-corrected chi connectivity index (χ3v) is 4.01. The van der Waals surface area contributed by atoms with Gasteiger partial charge in [0.05, 0.1) is 0 Å². The molecule has 110 valence electrons. The monoisotopic (exact) mass is 298 g/mol. The number of phenolic OH excluding ortho intramolecular Hbond substituents is 1. The highest BCUT2D eigenvalue weighted by Gasteiger charge is 2.27. The lowest BCUT2D eigenvalue weighted by Gasteiger charge is -2.35. The summed E-state index contributed by atoms with van der Waals surface area (Å²) >= 11 is 6.20. The Bertz CT molecular complexity index is 475. The highest BCUT2D eigenvalue weighted by molar-refractivity contribution is 6.31. The lowest BCUT2D eigenvalue weighted by molar-refractivity contribution is 0.163. The van der Waals surface area contributed by atoms with Gasteiger partial charge in [0.15, 0.2) is 11.6 Å². The summed E-state index contributed by atoms with van der Waals surface area (Å²) in [6, 6.07) is 2.62. The van der Waals surface area contributed by atoms with Crippen LogP contribution in [0.25, 0.3) is 0 Å². The molecule has 2 N–H and O–H groups in total. The van der Waals surface area contributed by atoms with Crippen LogP contribution in [0.5, 0.6) is 5.75 Å².